The van der Waals surface area contributed by atoms with E-state index in [0.717, 1.165) is 18.4 Å². The molecule has 0 amide bonds. The lowest BCUT2D eigenvalue weighted by molar-refractivity contribution is -0.00838. The van der Waals surface area contributed by atoms with E-state index in [2.05, 4.69) is 0 Å². The Morgan fingerprint density at radius 2 is 2.07 bits per heavy atom. The number of rotatable bonds is 3. The Kier molecular flexibility index (Phi) is 2.30. The average Bonchev–Trinajstić information content (AvgIpc) is 2.98. The zero-order valence-electron chi connectivity index (χ0n) is 8.76. The molecule has 1 fully saturated rings. The van der Waals surface area contributed by atoms with Crippen LogP contribution in [-0.4, -0.2) is 0 Å². The molecule has 1 saturated carbocycles. The van der Waals surface area contributed by atoms with Crippen LogP contribution in [0.4, 0.5) is 8.78 Å². The predicted octanol–water partition coefficient (Wildman–Crippen LogP) is 3.14. The molecular weight excluding hydrogens is 196 g/mol. The Bertz CT molecular complexity index is 370. The minimum Gasteiger partial charge on any atom is -0.321 e. The molecule has 0 aliphatic heterocycles. The van der Waals surface area contributed by atoms with Crippen LogP contribution in [0, 0.1) is 0 Å². The van der Waals surface area contributed by atoms with E-state index in [4.69, 9.17) is 5.73 Å². The van der Waals surface area contributed by atoms with Gasteiger partial charge in [-0.25, -0.2) is 8.78 Å². The maximum absolute atomic E-state index is 13.4. The normalized spacial score (nSPS) is 18.9. The maximum Gasteiger partial charge on any atom is 0.273 e. The first-order chi connectivity index (χ1) is 6.98. The summed E-state index contributed by atoms with van der Waals surface area (Å²) in [6.45, 7) is 1.49. The second-order valence-electron chi connectivity index (χ2n) is 4.29. The topological polar surface area (TPSA) is 26.0 Å². The van der Waals surface area contributed by atoms with Crippen LogP contribution in [0.1, 0.15) is 37.3 Å². The molecule has 0 spiro atoms. The van der Waals surface area contributed by atoms with E-state index in [-0.39, 0.29) is 17.5 Å². The fourth-order valence-corrected chi connectivity index (χ4v) is 1.68. The summed E-state index contributed by atoms with van der Waals surface area (Å²) in [6.07, 6.45) is 1.62. The van der Waals surface area contributed by atoms with Crippen molar-refractivity contribution < 1.29 is 8.78 Å². The van der Waals surface area contributed by atoms with E-state index in [1.54, 1.807) is 12.1 Å². The molecule has 0 radical (unpaired) electrons. The number of benzene rings is 1. The highest BCUT2D eigenvalue weighted by Crippen LogP contribution is 2.44. The van der Waals surface area contributed by atoms with Gasteiger partial charge in [0.15, 0.2) is 0 Å². The largest absolute Gasteiger partial charge is 0.321 e. The summed E-state index contributed by atoms with van der Waals surface area (Å²) in [5.41, 5.74) is 6.57. The molecule has 1 nitrogen and oxygen atoms in total. The van der Waals surface area contributed by atoms with Gasteiger partial charge in [-0.1, -0.05) is 25.1 Å². The van der Waals surface area contributed by atoms with E-state index in [1.165, 1.54) is 13.0 Å². The molecule has 0 saturated heterocycles. The fraction of sp³-hybridized carbons (Fsp3) is 0.500. The average molecular weight is 211 g/mol. The zero-order valence-corrected chi connectivity index (χ0v) is 8.76. The third-order valence-electron chi connectivity index (χ3n) is 3.09. The second kappa shape index (κ2) is 3.27. The van der Waals surface area contributed by atoms with Gasteiger partial charge >= 0.3 is 0 Å². The zero-order chi connectivity index (χ0) is 11.1. The highest BCUT2D eigenvalue weighted by molar-refractivity contribution is 5.34. The molecule has 0 unspecified atom stereocenters. The molecule has 0 atom stereocenters. The van der Waals surface area contributed by atoms with Crippen LogP contribution in [0.5, 0.6) is 0 Å². The lowest BCUT2D eigenvalue weighted by Gasteiger charge is -2.17. The van der Waals surface area contributed by atoms with Crippen molar-refractivity contribution in [1.29, 1.82) is 0 Å². The second-order valence-corrected chi connectivity index (χ2v) is 4.29. The maximum atomic E-state index is 13.4. The first kappa shape index (κ1) is 10.6. The first-order valence-corrected chi connectivity index (χ1v) is 5.26. The van der Waals surface area contributed by atoms with Crippen LogP contribution >= 0.6 is 0 Å². The van der Waals surface area contributed by atoms with Crippen LogP contribution in [0.3, 0.4) is 0 Å². The van der Waals surface area contributed by atoms with Crippen molar-refractivity contribution in [3.63, 3.8) is 0 Å². The van der Waals surface area contributed by atoms with Crippen molar-refractivity contribution in [3.8, 4) is 0 Å². The quantitative estimate of drug-likeness (QED) is 0.816. The van der Waals surface area contributed by atoms with E-state index in [9.17, 15) is 8.78 Å². The highest BCUT2D eigenvalue weighted by atomic mass is 19.3. The molecule has 0 bridgehead atoms. The molecule has 2 N–H and O–H groups in total. The van der Waals surface area contributed by atoms with Crippen molar-refractivity contribution in [2.24, 2.45) is 5.73 Å². The molecule has 82 valence electrons. The van der Waals surface area contributed by atoms with Gasteiger partial charge in [0.1, 0.15) is 0 Å². The Labute approximate surface area is 88.3 Å². The third-order valence-corrected chi connectivity index (χ3v) is 3.09. The minimum absolute atomic E-state index is 0.0826. The van der Waals surface area contributed by atoms with Crippen LogP contribution in [-0.2, 0) is 11.5 Å². The van der Waals surface area contributed by atoms with E-state index in [1.807, 2.05) is 6.07 Å². The van der Waals surface area contributed by atoms with E-state index in [0.29, 0.717) is 0 Å². The Morgan fingerprint density at radius 1 is 1.40 bits per heavy atom. The van der Waals surface area contributed by atoms with Crippen molar-refractivity contribution in [1.82, 2.24) is 0 Å². The third kappa shape index (κ3) is 1.88. The Morgan fingerprint density at radius 3 is 2.60 bits per heavy atom. The highest BCUT2D eigenvalue weighted by Gasteiger charge is 2.41. The molecule has 0 aromatic heterocycles. The van der Waals surface area contributed by atoms with Gasteiger partial charge in [-0.2, -0.15) is 0 Å². The lowest BCUT2D eigenvalue weighted by Crippen LogP contribution is -2.20. The molecule has 3 heteroatoms. The summed E-state index contributed by atoms with van der Waals surface area (Å²) < 4.78 is 26.9. The van der Waals surface area contributed by atoms with Crippen LogP contribution in [0.2, 0.25) is 0 Å². The molecule has 2 rings (SSSR count). The number of hydrogen-bond donors (Lipinski definition) is 1. The Balaban J connectivity index is 2.35. The van der Waals surface area contributed by atoms with Gasteiger partial charge in [0, 0.05) is 17.5 Å². The number of hydrogen-bond acceptors (Lipinski definition) is 1. The lowest BCUT2D eigenvalue weighted by atomic mass is 9.99. The summed E-state index contributed by atoms with van der Waals surface area (Å²) >= 11 is 0. The number of alkyl halides is 2. The first-order valence-electron chi connectivity index (χ1n) is 5.26. The van der Waals surface area contributed by atoms with Gasteiger partial charge in [0.25, 0.3) is 5.92 Å². The van der Waals surface area contributed by atoms with Crippen LogP contribution in [0.15, 0.2) is 24.3 Å². The molecule has 1 aliphatic rings. The molecular formula is C12H15F2N. The van der Waals surface area contributed by atoms with E-state index >= 15 is 0 Å². The predicted molar refractivity (Wildman–Crippen MR) is 55.7 cm³/mol. The van der Waals surface area contributed by atoms with Gasteiger partial charge in [-0.3, -0.25) is 0 Å². The summed E-state index contributed by atoms with van der Waals surface area (Å²) in [5, 5.41) is 0. The van der Waals surface area contributed by atoms with Gasteiger partial charge in [-0.15, -0.1) is 0 Å². The molecule has 1 aromatic rings. The summed E-state index contributed by atoms with van der Waals surface area (Å²) in [5.74, 6) is -2.73. The summed E-state index contributed by atoms with van der Waals surface area (Å²) in [4.78, 5) is 0. The fourth-order valence-electron chi connectivity index (χ4n) is 1.68. The van der Waals surface area contributed by atoms with Crippen molar-refractivity contribution in [2.45, 2.75) is 37.6 Å². The molecule has 0 heterocycles. The summed E-state index contributed by atoms with van der Waals surface area (Å²) in [7, 11) is 0. The number of halogens is 2. The van der Waals surface area contributed by atoms with Gasteiger partial charge in [-0.05, 0) is 24.5 Å². The standard InChI is InChI=1S/C12H15F2N/c1-2-12(13,14)10-5-3-4-9(8-10)11(15)6-7-11/h3-5,8H,2,6-7,15H2,1H3. The van der Waals surface area contributed by atoms with Crippen LogP contribution in [0.25, 0.3) is 0 Å². The van der Waals surface area contributed by atoms with Gasteiger partial charge < -0.3 is 5.73 Å². The van der Waals surface area contributed by atoms with Crippen molar-refractivity contribution in [3.05, 3.63) is 35.4 Å². The smallest absolute Gasteiger partial charge is 0.273 e. The minimum atomic E-state index is -2.73. The van der Waals surface area contributed by atoms with Gasteiger partial charge in [0.2, 0.25) is 0 Å². The number of nitrogens with two attached hydrogens (primary N) is 1. The van der Waals surface area contributed by atoms with Crippen molar-refractivity contribution >= 4 is 0 Å². The van der Waals surface area contributed by atoms with Crippen molar-refractivity contribution in [2.75, 3.05) is 0 Å². The summed E-state index contributed by atoms with van der Waals surface area (Å²) in [6, 6.07) is 6.53. The van der Waals surface area contributed by atoms with Gasteiger partial charge in [0.05, 0.1) is 0 Å². The molecule has 1 aromatic carbocycles. The van der Waals surface area contributed by atoms with Crippen LogP contribution < -0.4 is 5.73 Å². The van der Waals surface area contributed by atoms with E-state index < -0.39 is 5.92 Å². The monoisotopic (exact) mass is 211 g/mol. The molecule has 1 aliphatic carbocycles. The SMILES string of the molecule is CCC(F)(F)c1cccc(C2(N)CC2)c1. The Hall–Kier alpha value is -0.960. The molecule has 15 heavy (non-hydrogen) atoms.